The van der Waals surface area contributed by atoms with Crippen LogP contribution in [0.3, 0.4) is 0 Å². The zero-order valence-electron chi connectivity index (χ0n) is 9.01. The molecule has 0 saturated heterocycles. The highest BCUT2D eigenvalue weighted by Gasteiger charge is 2.28. The molecule has 1 aromatic heterocycles. The predicted molar refractivity (Wildman–Crippen MR) is 86.7 cm³/mol. The lowest BCUT2D eigenvalue weighted by molar-refractivity contribution is 0.558. The molecule has 0 amide bonds. The monoisotopic (exact) mass is 336 g/mol. The molecule has 0 spiro atoms. The lowest BCUT2D eigenvalue weighted by Crippen LogP contribution is -1.66. The maximum Gasteiger partial charge on any atom is 0.105 e. The van der Waals surface area contributed by atoms with Crippen molar-refractivity contribution in [1.82, 2.24) is 0 Å². The maximum atomic E-state index is 5.19. The molecular weight excluding hydrogens is 329 g/mol. The summed E-state index contributed by atoms with van der Waals surface area (Å²) in [7, 11) is 0. The van der Waals surface area contributed by atoms with Gasteiger partial charge < -0.3 is 4.42 Å². The van der Waals surface area contributed by atoms with Crippen LogP contribution in [-0.4, -0.2) is 12.5 Å². The van der Waals surface area contributed by atoms with Crippen molar-refractivity contribution >= 4 is 70.6 Å². The molecule has 0 aliphatic carbocycles. The average molecular weight is 337 g/mol. The van der Waals surface area contributed by atoms with Crippen LogP contribution in [0.15, 0.2) is 43.7 Å². The van der Waals surface area contributed by atoms with Gasteiger partial charge in [-0.1, -0.05) is 47.0 Å². The van der Waals surface area contributed by atoms with Crippen LogP contribution in [0, 0.1) is 0 Å². The second-order valence-corrected chi connectivity index (χ2v) is 9.88. The number of rotatable bonds is 2. The number of hydrogen-bond acceptors (Lipinski definition) is 7. The van der Waals surface area contributed by atoms with E-state index >= 15 is 0 Å². The van der Waals surface area contributed by atoms with E-state index in [0.717, 1.165) is 0 Å². The summed E-state index contributed by atoms with van der Waals surface area (Å²) in [5.74, 6) is 0. The smallest absolute Gasteiger partial charge is 0.105 e. The quantitative estimate of drug-likeness (QED) is 0.654. The summed E-state index contributed by atoms with van der Waals surface area (Å²) in [5, 5.41) is 0. The molecule has 7 heteroatoms. The van der Waals surface area contributed by atoms with Crippen LogP contribution in [-0.2, 0) is 0 Å². The van der Waals surface area contributed by atoms with Crippen molar-refractivity contribution < 1.29 is 4.42 Å². The van der Waals surface area contributed by atoms with E-state index < -0.39 is 0 Å². The van der Waals surface area contributed by atoms with Crippen molar-refractivity contribution in [3.8, 4) is 0 Å². The zero-order chi connectivity index (χ0) is 11.8. The molecule has 0 N–H and O–H groups in total. The van der Waals surface area contributed by atoms with Crippen molar-refractivity contribution in [3.05, 3.63) is 29.5 Å². The van der Waals surface area contributed by atoms with Crippen molar-refractivity contribution in [3.63, 3.8) is 0 Å². The Morgan fingerprint density at radius 3 is 1.76 bits per heavy atom. The fraction of sp³-hybridized carbons (Fsp3) is 0.200. The summed E-state index contributed by atoms with van der Waals surface area (Å²) in [6.45, 7) is 0. The Labute approximate surface area is 126 Å². The Balaban J connectivity index is 1.83. The third-order valence-electron chi connectivity index (χ3n) is 2.07. The number of fused-ring (bicyclic) bond motifs is 1. The highest BCUT2D eigenvalue weighted by molar-refractivity contribution is 8.41. The normalized spacial score (nSPS) is 19.4. The van der Waals surface area contributed by atoms with E-state index in [2.05, 4.69) is 12.5 Å². The average Bonchev–Trinajstić information content (AvgIpc) is 3.00. The van der Waals surface area contributed by atoms with Gasteiger partial charge >= 0.3 is 0 Å². The first-order valence-electron chi connectivity index (χ1n) is 4.66. The number of furan rings is 1. The highest BCUT2D eigenvalue weighted by atomic mass is 32.3. The van der Waals surface area contributed by atoms with Crippen LogP contribution in [0.2, 0.25) is 0 Å². The third-order valence-corrected chi connectivity index (χ3v) is 10.3. The Morgan fingerprint density at radius 1 is 0.824 bits per heavy atom. The zero-order valence-corrected chi connectivity index (χ0v) is 13.9. The Kier molecular flexibility index (Phi) is 4.14. The molecule has 0 aromatic carbocycles. The van der Waals surface area contributed by atoms with Crippen molar-refractivity contribution in [1.29, 1.82) is 0 Å². The number of hydrogen-bond donors (Lipinski definition) is 0. The maximum absolute atomic E-state index is 5.19. The minimum absolute atomic E-state index is 1.25. The van der Waals surface area contributed by atoms with Gasteiger partial charge in [0.25, 0.3) is 0 Å². The molecule has 0 atom stereocenters. The second kappa shape index (κ2) is 5.46. The van der Waals surface area contributed by atoms with Gasteiger partial charge in [0.1, 0.15) is 12.5 Å². The van der Waals surface area contributed by atoms with Gasteiger partial charge in [0.15, 0.2) is 0 Å². The van der Waals surface area contributed by atoms with E-state index in [1.165, 1.54) is 26.7 Å². The SMILES string of the molecule is CSC1=C(SC)SC(=C2Sc3cocc3S2)S1. The second-order valence-electron chi connectivity index (χ2n) is 3.07. The van der Waals surface area contributed by atoms with Crippen molar-refractivity contribution in [2.75, 3.05) is 12.5 Å². The molecule has 1 aromatic rings. The largest absolute Gasteiger partial charge is 0.470 e. The lowest BCUT2D eigenvalue weighted by Gasteiger charge is -2.00. The van der Waals surface area contributed by atoms with Crippen molar-refractivity contribution in [2.45, 2.75) is 9.79 Å². The van der Waals surface area contributed by atoms with Gasteiger partial charge in [0.2, 0.25) is 0 Å². The molecule has 0 unspecified atom stereocenters. The van der Waals surface area contributed by atoms with E-state index in [-0.39, 0.29) is 0 Å². The summed E-state index contributed by atoms with van der Waals surface area (Å²) in [4.78, 5) is 2.50. The summed E-state index contributed by atoms with van der Waals surface area (Å²) in [6, 6.07) is 0. The van der Waals surface area contributed by atoms with E-state index in [1.54, 1.807) is 0 Å². The van der Waals surface area contributed by atoms with Gasteiger partial charge in [-0.3, -0.25) is 0 Å². The first kappa shape index (κ1) is 12.9. The Hall–Kier alpha value is 0.860. The molecule has 2 aliphatic heterocycles. The summed E-state index contributed by atoms with van der Waals surface area (Å²) in [6.07, 6.45) is 7.97. The summed E-state index contributed by atoms with van der Waals surface area (Å²) < 4.78 is 10.9. The van der Waals surface area contributed by atoms with Crippen LogP contribution in [0.4, 0.5) is 0 Å². The van der Waals surface area contributed by atoms with Crippen molar-refractivity contribution in [2.24, 2.45) is 0 Å². The van der Waals surface area contributed by atoms with Gasteiger partial charge in [-0.2, -0.15) is 0 Å². The van der Waals surface area contributed by atoms with Gasteiger partial charge in [0.05, 0.1) is 26.7 Å². The Bertz CT molecular complexity index is 474. The van der Waals surface area contributed by atoms with E-state index in [0.29, 0.717) is 0 Å². The minimum Gasteiger partial charge on any atom is -0.470 e. The molecule has 1 nitrogen and oxygen atoms in total. The van der Waals surface area contributed by atoms with Crippen LogP contribution in [0.25, 0.3) is 0 Å². The van der Waals surface area contributed by atoms with E-state index in [9.17, 15) is 0 Å². The van der Waals surface area contributed by atoms with Gasteiger partial charge in [-0.05, 0) is 12.5 Å². The summed E-state index contributed by atoms with van der Waals surface area (Å²) >= 11 is 11.2. The van der Waals surface area contributed by atoms with Gasteiger partial charge in [-0.25, -0.2) is 0 Å². The standard InChI is InChI=1S/C10H8OS6/c1-12-7-8(13-2)17-10(16-7)9-14-5-3-11-4-6(5)15-9/h3-4H,1-2H3. The molecule has 17 heavy (non-hydrogen) atoms. The van der Waals surface area contributed by atoms with Gasteiger partial charge in [-0.15, -0.1) is 23.5 Å². The first-order valence-corrected chi connectivity index (χ1v) is 10.4. The molecule has 3 rings (SSSR count). The topological polar surface area (TPSA) is 13.1 Å². The lowest BCUT2D eigenvalue weighted by atomic mass is 10.7. The summed E-state index contributed by atoms with van der Waals surface area (Å²) in [5.41, 5.74) is 0. The van der Waals surface area contributed by atoms with Crippen LogP contribution < -0.4 is 0 Å². The first-order chi connectivity index (χ1) is 8.31. The van der Waals surface area contributed by atoms with E-state index in [1.807, 2.05) is 83.1 Å². The van der Waals surface area contributed by atoms with Crippen LogP contribution in [0.1, 0.15) is 0 Å². The molecule has 2 aliphatic rings. The fourth-order valence-electron chi connectivity index (χ4n) is 1.33. The highest BCUT2D eigenvalue weighted by Crippen LogP contribution is 2.63. The number of thioether (sulfide) groups is 6. The molecule has 0 fully saturated rings. The minimum atomic E-state index is 1.25. The van der Waals surface area contributed by atoms with E-state index in [4.69, 9.17) is 4.42 Å². The molecule has 3 heterocycles. The molecule has 0 radical (unpaired) electrons. The van der Waals surface area contributed by atoms with Gasteiger partial charge in [0, 0.05) is 0 Å². The Morgan fingerprint density at radius 2 is 1.29 bits per heavy atom. The molecule has 90 valence electrons. The van der Waals surface area contributed by atoms with Crippen LogP contribution in [0.5, 0.6) is 0 Å². The van der Waals surface area contributed by atoms with Crippen LogP contribution >= 0.6 is 70.6 Å². The molecular formula is C10H8OS6. The fourth-order valence-corrected chi connectivity index (χ4v) is 9.01. The third kappa shape index (κ3) is 2.47. The predicted octanol–water partition coefficient (Wildman–Crippen LogP) is 5.94. The molecule has 0 bridgehead atoms. The molecule has 0 saturated carbocycles.